The fourth-order valence-corrected chi connectivity index (χ4v) is 7.19. The van der Waals surface area contributed by atoms with Gasteiger partial charge in [0.05, 0.1) is 23.8 Å². The summed E-state index contributed by atoms with van der Waals surface area (Å²) in [5, 5.41) is 0.167. The largest absolute Gasteiger partial charge is 0.467 e. The number of benzene rings is 1. The number of piperidine rings is 1. The number of fused-ring (bicyclic) bond motifs is 1. The van der Waals surface area contributed by atoms with Gasteiger partial charge in [-0.3, -0.25) is 9.59 Å². The monoisotopic (exact) mass is 527 g/mol. The van der Waals surface area contributed by atoms with Gasteiger partial charge in [0, 0.05) is 43.3 Å². The second-order valence-electron chi connectivity index (χ2n) is 10.4. The molecule has 0 unspecified atom stereocenters. The second kappa shape index (κ2) is 10.4. The summed E-state index contributed by atoms with van der Waals surface area (Å²) in [5.74, 6) is 0.662. The predicted octanol–water partition coefficient (Wildman–Crippen LogP) is 3.61. The minimum absolute atomic E-state index is 0.0492. The third-order valence-corrected chi connectivity index (χ3v) is 9.05. The molecule has 1 aromatic carbocycles. The van der Waals surface area contributed by atoms with E-state index in [9.17, 15) is 18.0 Å². The van der Waals surface area contributed by atoms with Gasteiger partial charge in [0.25, 0.3) is 5.91 Å². The highest BCUT2D eigenvalue weighted by molar-refractivity contribution is 7.89. The first-order chi connectivity index (χ1) is 17.7. The van der Waals surface area contributed by atoms with Crippen molar-refractivity contribution in [2.24, 2.45) is 11.8 Å². The van der Waals surface area contributed by atoms with Crippen molar-refractivity contribution in [3.63, 3.8) is 0 Å². The summed E-state index contributed by atoms with van der Waals surface area (Å²) in [4.78, 5) is 31.8. The fourth-order valence-electron chi connectivity index (χ4n) is 5.48. The lowest BCUT2D eigenvalue weighted by Crippen LogP contribution is -2.42. The molecule has 0 radical (unpaired) electrons. The molecule has 198 valence electrons. The van der Waals surface area contributed by atoms with E-state index in [2.05, 4.69) is 4.98 Å². The summed E-state index contributed by atoms with van der Waals surface area (Å²) in [6, 6.07) is 8.01. The summed E-state index contributed by atoms with van der Waals surface area (Å²) in [6.45, 7) is 6.17. The standard InChI is InChI=1S/C27H33N3O6S/c1-18-11-19(2)15-30(14-18)37(33,34)22-7-8-25-23(12-22)26(31)24(13-28-25)27(32)29(16-20-5-3-9-35-20)17-21-6-4-10-36-21/h3,5,7-9,12-13,18-19,21H,4,6,10-11,14-17H2,1-2H3,(H,28,31)/t18-,19+,21-/m0/s1. The Kier molecular flexibility index (Phi) is 7.24. The molecular formula is C27H33N3O6S. The Morgan fingerprint density at radius 3 is 2.65 bits per heavy atom. The topological polar surface area (TPSA) is 113 Å². The van der Waals surface area contributed by atoms with E-state index in [1.54, 1.807) is 29.4 Å². The van der Waals surface area contributed by atoms with Crippen molar-refractivity contribution < 1.29 is 22.4 Å². The van der Waals surface area contributed by atoms with E-state index in [4.69, 9.17) is 9.15 Å². The number of ether oxygens (including phenoxy) is 1. The van der Waals surface area contributed by atoms with E-state index in [-0.39, 0.29) is 40.3 Å². The molecule has 3 atom stereocenters. The molecule has 2 saturated heterocycles. The van der Waals surface area contributed by atoms with Crippen LogP contribution < -0.4 is 5.43 Å². The van der Waals surface area contributed by atoms with E-state index in [0.29, 0.717) is 37.5 Å². The number of H-pyrrole nitrogens is 1. The van der Waals surface area contributed by atoms with Crippen molar-refractivity contribution in [2.45, 2.75) is 50.7 Å². The van der Waals surface area contributed by atoms with Crippen LogP contribution in [0, 0.1) is 11.8 Å². The molecule has 0 bridgehead atoms. The van der Waals surface area contributed by atoms with E-state index in [1.165, 1.54) is 22.6 Å². The Morgan fingerprint density at radius 1 is 1.19 bits per heavy atom. The molecule has 1 N–H and O–H groups in total. The minimum atomic E-state index is -3.78. The lowest BCUT2D eigenvalue weighted by atomic mass is 9.94. The molecule has 2 aliphatic rings. The maximum Gasteiger partial charge on any atom is 0.259 e. The lowest BCUT2D eigenvalue weighted by molar-refractivity contribution is 0.0490. The van der Waals surface area contributed by atoms with E-state index < -0.39 is 21.4 Å². The number of carbonyl (C=O) groups is 1. The molecular weight excluding hydrogens is 494 g/mol. The summed E-state index contributed by atoms with van der Waals surface area (Å²) in [5.41, 5.74) is -0.0858. The fraction of sp³-hybridized carbons (Fsp3) is 0.481. The number of amides is 1. The number of sulfonamides is 1. The van der Waals surface area contributed by atoms with Gasteiger partial charge in [0.1, 0.15) is 11.3 Å². The number of aromatic amines is 1. The highest BCUT2D eigenvalue weighted by atomic mass is 32.2. The van der Waals surface area contributed by atoms with Crippen LogP contribution >= 0.6 is 0 Å². The molecule has 0 aliphatic carbocycles. The van der Waals surface area contributed by atoms with Crippen LogP contribution in [0.25, 0.3) is 10.9 Å². The number of pyridine rings is 1. The van der Waals surface area contributed by atoms with E-state index >= 15 is 0 Å². The van der Waals surface area contributed by atoms with Crippen LogP contribution in [0.15, 0.2) is 56.9 Å². The predicted molar refractivity (Wildman–Crippen MR) is 139 cm³/mol. The van der Waals surface area contributed by atoms with Gasteiger partial charge in [0.2, 0.25) is 15.5 Å². The highest BCUT2D eigenvalue weighted by Gasteiger charge is 2.32. The number of aromatic nitrogens is 1. The molecule has 2 fully saturated rings. The van der Waals surface area contributed by atoms with Crippen molar-refractivity contribution in [1.82, 2.24) is 14.2 Å². The number of furan rings is 1. The SMILES string of the molecule is C[C@@H]1C[C@H](C)CN(S(=O)(=O)c2ccc3[nH]cc(C(=O)N(Cc4ccco4)C[C@@H]4CCCO4)c(=O)c3c2)C1. The third-order valence-electron chi connectivity index (χ3n) is 7.22. The van der Waals surface area contributed by atoms with Crippen molar-refractivity contribution in [3.05, 3.63) is 64.3 Å². The molecule has 10 heteroatoms. The van der Waals surface area contributed by atoms with Gasteiger partial charge in [-0.1, -0.05) is 13.8 Å². The van der Waals surface area contributed by atoms with Gasteiger partial charge in [-0.05, 0) is 61.4 Å². The maximum absolute atomic E-state index is 13.6. The molecule has 4 heterocycles. The van der Waals surface area contributed by atoms with E-state index in [1.807, 2.05) is 13.8 Å². The summed E-state index contributed by atoms with van der Waals surface area (Å²) >= 11 is 0. The first kappa shape index (κ1) is 25.7. The second-order valence-corrected chi connectivity index (χ2v) is 12.3. The third kappa shape index (κ3) is 5.37. The molecule has 2 aliphatic heterocycles. The normalized spacial score (nSPS) is 22.9. The number of nitrogens with zero attached hydrogens (tertiary/aromatic N) is 2. The van der Waals surface area contributed by atoms with Gasteiger partial charge < -0.3 is 19.0 Å². The van der Waals surface area contributed by atoms with Crippen molar-refractivity contribution in [3.8, 4) is 0 Å². The summed E-state index contributed by atoms with van der Waals surface area (Å²) in [7, 11) is -3.78. The zero-order valence-electron chi connectivity index (χ0n) is 21.2. The van der Waals surface area contributed by atoms with Gasteiger partial charge in [-0.25, -0.2) is 8.42 Å². The van der Waals surface area contributed by atoms with Crippen LogP contribution in [0.3, 0.4) is 0 Å². The van der Waals surface area contributed by atoms with E-state index in [0.717, 1.165) is 19.3 Å². The van der Waals surface area contributed by atoms with Crippen molar-refractivity contribution in [1.29, 1.82) is 0 Å². The molecule has 2 aromatic heterocycles. The first-order valence-corrected chi connectivity index (χ1v) is 14.2. The highest BCUT2D eigenvalue weighted by Crippen LogP contribution is 2.28. The quantitative estimate of drug-likeness (QED) is 0.502. The lowest BCUT2D eigenvalue weighted by Gasteiger charge is -2.34. The zero-order valence-corrected chi connectivity index (χ0v) is 22.0. The van der Waals surface area contributed by atoms with Crippen molar-refractivity contribution in [2.75, 3.05) is 26.2 Å². The zero-order chi connectivity index (χ0) is 26.2. The number of carbonyl (C=O) groups excluding carboxylic acids is 1. The molecule has 9 nitrogen and oxygen atoms in total. The van der Waals surface area contributed by atoms with Gasteiger partial charge in [-0.15, -0.1) is 0 Å². The summed E-state index contributed by atoms with van der Waals surface area (Å²) in [6.07, 6.45) is 5.58. The number of hydrogen-bond donors (Lipinski definition) is 1. The molecule has 1 amide bonds. The molecule has 0 spiro atoms. The first-order valence-electron chi connectivity index (χ1n) is 12.8. The Morgan fingerprint density at radius 2 is 1.97 bits per heavy atom. The van der Waals surface area contributed by atoms with Gasteiger partial charge >= 0.3 is 0 Å². The Bertz CT molecular complexity index is 1420. The van der Waals surface area contributed by atoms with Crippen molar-refractivity contribution >= 4 is 26.8 Å². The minimum Gasteiger partial charge on any atom is -0.467 e. The molecule has 5 rings (SSSR count). The Labute approximate surface area is 216 Å². The van der Waals surface area contributed by atoms with Gasteiger partial charge in [-0.2, -0.15) is 4.31 Å². The number of hydrogen-bond acceptors (Lipinski definition) is 6. The summed E-state index contributed by atoms with van der Waals surface area (Å²) < 4.78 is 39.6. The van der Waals surface area contributed by atoms with Crippen LogP contribution in [0.1, 0.15) is 49.2 Å². The van der Waals surface area contributed by atoms with Crippen LogP contribution in [0.2, 0.25) is 0 Å². The van der Waals surface area contributed by atoms with Crippen LogP contribution in [0.4, 0.5) is 0 Å². The maximum atomic E-state index is 13.6. The molecule has 3 aromatic rings. The molecule has 37 heavy (non-hydrogen) atoms. The average molecular weight is 528 g/mol. The molecule has 0 saturated carbocycles. The van der Waals surface area contributed by atoms with Gasteiger partial charge in [0.15, 0.2) is 0 Å². The average Bonchev–Trinajstić information content (AvgIpc) is 3.57. The van der Waals surface area contributed by atoms with Crippen LogP contribution in [0.5, 0.6) is 0 Å². The number of rotatable bonds is 7. The Balaban J connectivity index is 1.48. The smallest absolute Gasteiger partial charge is 0.259 e. The van der Waals surface area contributed by atoms with Crippen LogP contribution in [-0.4, -0.2) is 60.9 Å². The number of nitrogens with one attached hydrogen (secondary N) is 1. The van der Waals surface area contributed by atoms with Crippen LogP contribution in [-0.2, 0) is 21.3 Å². The Hall–Kier alpha value is -2.95.